The molecule has 0 amide bonds. The van der Waals surface area contributed by atoms with Gasteiger partial charge in [0.1, 0.15) is 24.7 Å². The molecule has 1 aliphatic rings. The average molecular weight is 347 g/mol. The van der Waals surface area contributed by atoms with E-state index in [2.05, 4.69) is 25.1 Å². The molecule has 0 atom stereocenters. The van der Waals surface area contributed by atoms with E-state index in [9.17, 15) is 0 Å². The molecule has 1 fully saturated rings. The van der Waals surface area contributed by atoms with E-state index >= 15 is 0 Å². The number of benzene rings is 2. The lowest BCUT2D eigenvalue weighted by Gasteiger charge is -2.33. The molecule has 0 aromatic heterocycles. The van der Waals surface area contributed by atoms with Gasteiger partial charge in [-0.1, -0.05) is 30.3 Å². The van der Waals surface area contributed by atoms with Crippen molar-refractivity contribution in [3.8, 4) is 11.5 Å². The first kappa shape index (κ1) is 16.6. The first-order valence-corrected chi connectivity index (χ1v) is 9.92. The summed E-state index contributed by atoms with van der Waals surface area (Å²) in [4.78, 5) is 0. The Morgan fingerprint density at radius 1 is 0.870 bits per heavy atom. The summed E-state index contributed by atoms with van der Waals surface area (Å²) in [7, 11) is 0. The van der Waals surface area contributed by atoms with E-state index in [1.165, 1.54) is 23.5 Å². The molecule has 0 N–H and O–H groups in total. The number of rotatable bonds is 6. The quantitative estimate of drug-likeness (QED) is 0.670. The molecule has 1 aliphatic heterocycles. The Hall–Kier alpha value is -1.26. The molecule has 0 unspecified atom stereocenters. The second kappa shape index (κ2) is 8.02. The predicted octanol–water partition coefficient (Wildman–Crippen LogP) is 5.19. The van der Waals surface area contributed by atoms with Crippen LogP contribution >= 0.6 is 23.5 Å². The van der Waals surface area contributed by atoms with Gasteiger partial charge in [0, 0.05) is 0 Å². The predicted molar refractivity (Wildman–Crippen MR) is 101 cm³/mol. The third-order valence-electron chi connectivity index (χ3n) is 3.77. The maximum Gasteiger partial charge on any atom is 0.122 e. The SMILES string of the molecule is CC1(c2cccc(OCCOc3ccccc3)c2)SCCCS1. The van der Waals surface area contributed by atoms with Gasteiger partial charge >= 0.3 is 0 Å². The Bertz CT molecular complexity index is 610. The Labute approximate surface area is 147 Å². The topological polar surface area (TPSA) is 18.5 Å². The maximum absolute atomic E-state index is 5.86. The van der Waals surface area contributed by atoms with E-state index in [1.807, 2.05) is 59.9 Å². The van der Waals surface area contributed by atoms with Gasteiger partial charge in [0.05, 0.1) is 4.08 Å². The highest BCUT2D eigenvalue weighted by Gasteiger charge is 2.30. The molecule has 1 heterocycles. The Balaban J connectivity index is 1.53. The highest BCUT2D eigenvalue weighted by atomic mass is 32.2. The summed E-state index contributed by atoms with van der Waals surface area (Å²) in [5.74, 6) is 4.28. The van der Waals surface area contributed by atoms with Gasteiger partial charge in [-0.05, 0) is 54.7 Å². The zero-order valence-electron chi connectivity index (χ0n) is 13.4. The fraction of sp³-hybridized carbons (Fsp3) is 0.368. The van der Waals surface area contributed by atoms with Crippen LogP contribution in [0, 0.1) is 0 Å². The van der Waals surface area contributed by atoms with E-state index in [0.717, 1.165) is 11.5 Å². The van der Waals surface area contributed by atoms with Crippen LogP contribution in [0.3, 0.4) is 0 Å². The molecule has 23 heavy (non-hydrogen) atoms. The van der Waals surface area contributed by atoms with Crippen molar-refractivity contribution >= 4 is 23.5 Å². The van der Waals surface area contributed by atoms with Gasteiger partial charge in [-0.2, -0.15) is 0 Å². The Morgan fingerprint density at radius 2 is 1.52 bits per heavy atom. The minimum Gasteiger partial charge on any atom is -0.490 e. The molecule has 0 aliphatic carbocycles. The number of hydrogen-bond donors (Lipinski definition) is 0. The Kier molecular flexibility index (Phi) is 5.79. The smallest absolute Gasteiger partial charge is 0.122 e. The van der Waals surface area contributed by atoms with Crippen LogP contribution in [-0.4, -0.2) is 24.7 Å². The third kappa shape index (κ3) is 4.61. The Morgan fingerprint density at radius 3 is 2.26 bits per heavy atom. The van der Waals surface area contributed by atoms with Crippen molar-refractivity contribution in [2.75, 3.05) is 24.7 Å². The molecular weight excluding hydrogens is 324 g/mol. The zero-order chi connectivity index (χ0) is 16.0. The minimum atomic E-state index is 0.151. The summed E-state index contributed by atoms with van der Waals surface area (Å²) in [6, 6.07) is 18.3. The molecule has 122 valence electrons. The van der Waals surface area contributed by atoms with Crippen LogP contribution in [0.1, 0.15) is 18.9 Å². The number of para-hydroxylation sites is 1. The van der Waals surface area contributed by atoms with Gasteiger partial charge in [0.15, 0.2) is 0 Å². The molecule has 2 nitrogen and oxygen atoms in total. The molecule has 3 rings (SSSR count). The van der Waals surface area contributed by atoms with Gasteiger partial charge in [0.25, 0.3) is 0 Å². The monoisotopic (exact) mass is 346 g/mol. The van der Waals surface area contributed by atoms with E-state index in [0.29, 0.717) is 13.2 Å². The van der Waals surface area contributed by atoms with E-state index in [-0.39, 0.29) is 4.08 Å². The van der Waals surface area contributed by atoms with Crippen LogP contribution in [0.5, 0.6) is 11.5 Å². The van der Waals surface area contributed by atoms with Crippen LogP contribution < -0.4 is 9.47 Å². The summed E-state index contributed by atoms with van der Waals surface area (Å²) in [5, 5.41) is 0. The van der Waals surface area contributed by atoms with Crippen LogP contribution in [0.25, 0.3) is 0 Å². The van der Waals surface area contributed by atoms with Crippen LogP contribution in [-0.2, 0) is 4.08 Å². The van der Waals surface area contributed by atoms with E-state index in [4.69, 9.17) is 9.47 Å². The fourth-order valence-electron chi connectivity index (χ4n) is 2.51. The summed E-state index contributed by atoms with van der Waals surface area (Å²) < 4.78 is 11.7. The van der Waals surface area contributed by atoms with Gasteiger partial charge in [-0.25, -0.2) is 0 Å². The summed E-state index contributed by atoms with van der Waals surface area (Å²) >= 11 is 4.07. The molecule has 0 spiro atoms. The third-order valence-corrected chi connectivity index (χ3v) is 7.03. The van der Waals surface area contributed by atoms with Crippen molar-refractivity contribution < 1.29 is 9.47 Å². The molecular formula is C19H22O2S2. The highest BCUT2D eigenvalue weighted by molar-refractivity contribution is 8.18. The largest absolute Gasteiger partial charge is 0.490 e. The van der Waals surface area contributed by atoms with Crippen molar-refractivity contribution in [1.82, 2.24) is 0 Å². The number of ether oxygens (including phenoxy) is 2. The second-order valence-corrected chi connectivity index (χ2v) is 8.82. The molecule has 0 radical (unpaired) electrons. The standard InChI is InChI=1S/C19H22O2S2/c1-19(22-13-6-14-23-19)16-7-5-10-18(15-16)21-12-11-20-17-8-3-2-4-9-17/h2-5,7-10,15H,6,11-14H2,1H3. The average Bonchev–Trinajstić information content (AvgIpc) is 2.61. The van der Waals surface area contributed by atoms with Gasteiger partial charge in [-0.3, -0.25) is 0 Å². The first-order chi connectivity index (χ1) is 11.3. The van der Waals surface area contributed by atoms with Gasteiger partial charge in [0.2, 0.25) is 0 Å². The van der Waals surface area contributed by atoms with Crippen molar-refractivity contribution in [3.05, 3.63) is 60.2 Å². The molecule has 2 aromatic rings. The normalized spacial score (nSPS) is 16.7. The first-order valence-electron chi connectivity index (χ1n) is 7.95. The van der Waals surface area contributed by atoms with E-state index < -0.39 is 0 Å². The molecule has 4 heteroatoms. The molecule has 1 saturated heterocycles. The minimum absolute atomic E-state index is 0.151. The van der Waals surface area contributed by atoms with Crippen molar-refractivity contribution in [2.45, 2.75) is 17.4 Å². The number of thioether (sulfide) groups is 2. The molecule has 0 saturated carbocycles. The zero-order valence-corrected chi connectivity index (χ0v) is 15.0. The summed E-state index contributed by atoms with van der Waals surface area (Å²) in [6.45, 7) is 3.42. The maximum atomic E-state index is 5.86. The lowest BCUT2D eigenvalue weighted by Crippen LogP contribution is -2.18. The van der Waals surface area contributed by atoms with Crippen molar-refractivity contribution in [1.29, 1.82) is 0 Å². The lowest BCUT2D eigenvalue weighted by molar-refractivity contribution is 0.217. The van der Waals surface area contributed by atoms with Crippen LogP contribution in [0.15, 0.2) is 54.6 Å². The van der Waals surface area contributed by atoms with Crippen molar-refractivity contribution in [3.63, 3.8) is 0 Å². The lowest BCUT2D eigenvalue weighted by atomic mass is 10.1. The van der Waals surface area contributed by atoms with E-state index in [1.54, 1.807) is 0 Å². The van der Waals surface area contributed by atoms with Crippen LogP contribution in [0.2, 0.25) is 0 Å². The molecule has 0 bridgehead atoms. The fourth-order valence-corrected chi connectivity index (χ4v) is 5.46. The summed E-state index contributed by atoms with van der Waals surface area (Å²) in [5.41, 5.74) is 1.34. The van der Waals surface area contributed by atoms with Crippen LogP contribution in [0.4, 0.5) is 0 Å². The summed E-state index contributed by atoms with van der Waals surface area (Å²) in [6.07, 6.45) is 1.30. The number of hydrogen-bond acceptors (Lipinski definition) is 4. The second-order valence-electron chi connectivity index (χ2n) is 5.53. The molecule has 2 aromatic carbocycles. The highest BCUT2D eigenvalue weighted by Crippen LogP contribution is 2.50. The van der Waals surface area contributed by atoms with Crippen molar-refractivity contribution in [2.24, 2.45) is 0 Å². The van der Waals surface area contributed by atoms with Gasteiger partial charge < -0.3 is 9.47 Å². The van der Waals surface area contributed by atoms with Gasteiger partial charge in [-0.15, -0.1) is 23.5 Å².